The predicted octanol–water partition coefficient (Wildman–Crippen LogP) is 1.58. The number of anilines is 1. The molecule has 1 aromatic rings. The van der Waals surface area contributed by atoms with Crippen molar-refractivity contribution < 1.29 is 18.4 Å². The summed E-state index contributed by atoms with van der Waals surface area (Å²) in [7, 11) is 0. The molecule has 0 aromatic heterocycles. The maximum Gasteiger partial charge on any atom is 0.254 e. The van der Waals surface area contributed by atoms with E-state index < -0.39 is 40.6 Å². The lowest BCUT2D eigenvalue weighted by Crippen LogP contribution is -2.50. The Labute approximate surface area is 121 Å². The van der Waals surface area contributed by atoms with Gasteiger partial charge in [-0.25, -0.2) is 8.78 Å². The monoisotopic (exact) mass is 299 g/mol. The number of nitrogen functional groups attached to an aromatic ring is 1. The van der Waals surface area contributed by atoms with E-state index in [0.29, 0.717) is 6.07 Å². The van der Waals surface area contributed by atoms with Crippen LogP contribution < -0.4 is 16.4 Å². The topological polar surface area (TPSA) is 84.2 Å². The molecule has 1 aromatic carbocycles. The Balaban J connectivity index is 2.82. The lowest BCUT2D eigenvalue weighted by atomic mass is 10.1. The van der Waals surface area contributed by atoms with Crippen LogP contribution in [0.1, 0.15) is 38.1 Å². The van der Waals surface area contributed by atoms with Crippen LogP contribution in [-0.4, -0.2) is 23.4 Å². The van der Waals surface area contributed by atoms with Gasteiger partial charge in [-0.3, -0.25) is 9.59 Å². The van der Waals surface area contributed by atoms with Gasteiger partial charge in [0.15, 0.2) is 0 Å². The van der Waals surface area contributed by atoms with Crippen LogP contribution in [0.3, 0.4) is 0 Å². The molecule has 5 nitrogen and oxygen atoms in total. The first-order valence-electron chi connectivity index (χ1n) is 6.38. The number of carbonyl (C=O) groups excluding carboxylic acids is 2. The molecule has 2 amide bonds. The number of amides is 2. The highest BCUT2D eigenvalue weighted by Gasteiger charge is 2.23. The average molecular weight is 299 g/mol. The molecular formula is C14H19F2N3O2. The molecule has 0 aliphatic rings. The maximum atomic E-state index is 13.5. The van der Waals surface area contributed by atoms with E-state index in [1.54, 1.807) is 20.8 Å². The number of benzene rings is 1. The van der Waals surface area contributed by atoms with Crippen LogP contribution in [0.25, 0.3) is 0 Å². The lowest BCUT2D eigenvalue weighted by molar-refractivity contribution is -0.124. The Morgan fingerprint density at radius 2 is 1.76 bits per heavy atom. The Kier molecular flexibility index (Phi) is 4.88. The number of nitrogens with two attached hydrogens (primary N) is 1. The van der Waals surface area contributed by atoms with Gasteiger partial charge in [-0.05, 0) is 33.8 Å². The largest absolute Gasteiger partial charge is 0.396 e. The molecule has 0 aliphatic heterocycles. The fraction of sp³-hybridized carbons (Fsp3) is 0.429. The second-order valence-corrected chi connectivity index (χ2v) is 5.79. The molecule has 0 fully saturated rings. The Morgan fingerprint density at radius 1 is 1.19 bits per heavy atom. The van der Waals surface area contributed by atoms with Crippen LogP contribution in [-0.2, 0) is 4.79 Å². The summed E-state index contributed by atoms with van der Waals surface area (Å²) in [5.41, 5.74) is 4.09. The summed E-state index contributed by atoms with van der Waals surface area (Å²) in [6.07, 6.45) is 0. The Bertz CT molecular complexity index is 568. The summed E-state index contributed by atoms with van der Waals surface area (Å²) >= 11 is 0. The van der Waals surface area contributed by atoms with Crippen molar-refractivity contribution in [3.8, 4) is 0 Å². The smallest absolute Gasteiger partial charge is 0.254 e. The van der Waals surface area contributed by atoms with E-state index in [9.17, 15) is 18.4 Å². The summed E-state index contributed by atoms with van der Waals surface area (Å²) in [5, 5.41) is 5.02. The molecule has 21 heavy (non-hydrogen) atoms. The summed E-state index contributed by atoms with van der Waals surface area (Å²) in [5.74, 6) is -3.23. The molecule has 0 heterocycles. The minimum Gasteiger partial charge on any atom is -0.396 e. The molecule has 4 N–H and O–H groups in total. The van der Waals surface area contributed by atoms with Gasteiger partial charge in [0, 0.05) is 11.6 Å². The van der Waals surface area contributed by atoms with Crippen molar-refractivity contribution in [3.05, 3.63) is 29.3 Å². The fourth-order valence-electron chi connectivity index (χ4n) is 1.56. The molecule has 7 heteroatoms. The van der Waals surface area contributed by atoms with Crippen molar-refractivity contribution >= 4 is 17.5 Å². The van der Waals surface area contributed by atoms with Crippen LogP contribution in [0.5, 0.6) is 0 Å². The number of nitrogens with one attached hydrogen (secondary N) is 2. The highest BCUT2D eigenvalue weighted by molar-refractivity contribution is 5.98. The lowest BCUT2D eigenvalue weighted by Gasteiger charge is -2.23. The zero-order chi connectivity index (χ0) is 16.4. The Morgan fingerprint density at radius 3 is 2.29 bits per heavy atom. The number of carbonyl (C=O) groups is 2. The van der Waals surface area contributed by atoms with Crippen molar-refractivity contribution in [2.75, 3.05) is 5.73 Å². The minimum absolute atomic E-state index is 0.339. The third-order valence-electron chi connectivity index (χ3n) is 2.57. The van der Waals surface area contributed by atoms with Gasteiger partial charge in [0.25, 0.3) is 5.91 Å². The van der Waals surface area contributed by atoms with Crippen molar-refractivity contribution in [1.82, 2.24) is 10.6 Å². The van der Waals surface area contributed by atoms with Gasteiger partial charge in [0.2, 0.25) is 5.91 Å². The first-order chi connectivity index (χ1) is 9.51. The van der Waals surface area contributed by atoms with Crippen molar-refractivity contribution in [2.24, 2.45) is 0 Å². The zero-order valence-electron chi connectivity index (χ0n) is 12.4. The van der Waals surface area contributed by atoms with E-state index in [4.69, 9.17) is 5.73 Å². The van der Waals surface area contributed by atoms with E-state index in [0.717, 1.165) is 6.07 Å². The van der Waals surface area contributed by atoms with E-state index in [-0.39, 0.29) is 5.69 Å². The fourth-order valence-corrected chi connectivity index (χ4v) is 1.56. The highest BCUT2D eigenvalue weighted by Crippen LogP contribution is 2.16. The molecule has 1 unspecified atom stereocenters. The summed E-state index contributed by atoms with van der Waals surface area (Å²) < 4.78 is 26.6. The summed E-state index contributed by atoms with van der Waals surface area (Å²) in [6.45, 7) is 6.84. The number of halogens is 2. The summed E-state index contributed by atoms with van der Waals surface area (Å²) in [4.78, 5) is 23.7. The quantitative estimate of drug-likeness (QED) is 0.741. The predicted molar refractivity (Wildman–Crippen MR) is 75.6 cm³/mol. The van der Waals surface area contributed by atoms with E-state index in [1.807, 2.05) is 0 Å². The molecule has 1 atom stereocenters. The van der Waals surface area contributed by atoms with Gasteiger partial charge in [0.05, 0.1) is 11.3 Å². The summed E-state index contributed by atoms with van der Waals surface area (Å²) in [6, 6.07) is 0.556. The van der Waals surface area contributed by atoms with Crippen molar-refractivity contribution in [2.45, 2.75) is 39.3 Å². The average Bonchev–Trinajstić information content (AvgIpc) is 2.31. The molecule has 1 rings (SSSR count). The highest BCUT2D eigenvalue weighted by atomic mass is 19.1. The molecule has 0 radical (unpaired) electrons. The van der Waals surface area contributed by atoms with Crippen LogP contribution >= 0.6 is 0 Å². The van der Waals surface area contributed by atoms with E-state index in [1.165, 1.54) is 6.92 Å². The SMILES string of the molecule is CC(NC(=O)c1cc(N)c(F)cc1F)C(=O)NC(C)(C)C. The van der Waals surface area contributed by atoms with Gasteiger partial charge in [0.1, 0.15) is 17.7 Å². The van der Waals surface area contributed by atoms with Crippen LogP contribution in [0.4, 0.5) is 14.5 Å². The first-order valence-corrected chi connectivity index (χ1v) is 6.38. The van der Waals surface area contributed by atoms with Crippen LogP contribution in [0.2, 0.25) is 0 Å². The molecule has 0 spiro atoms. The van der Waals surface area contributed by atoms with Crippen molar-refractivity contribution in [1.29, 1.82) is 0 Å². The molecule has 116 valence electrons. The standard InChI is InChI=1S/C14H19F2N3O2/c1-7(12(20)19-14(2,3)4)18-13(21)8-5-11(17)10(16)6-9(8)15/h5-7H,17H2,1-4H3,(H,18,21)(H,19,20). The number of hydrogen-bond acceptors (Lipinski definition) is 3. The van der Waals surface area contributed by atoms with Gasteiger partial charge >= 0.3 is 0 Å². The minimum atomic E-state index is -1.04. The third kappa shape index (κ3) is 4.70. The van der Waals surface area contributed by atoms with Gasteiger partial charge < -0.3 is 16.4 Å². The van der Waals surface area contributed by atoms with Crippen molar-refractivity contribution in [3.63, 3.8) is 0 Å². The zero-order valence-corrected chi connectivity index (χ0v) is 12.4. The third-order valence-corrected chi connectivity index (χ3v) is 2.57. The van der Waals surface area contributed by atoms with Crippen LogP contribution in [0.15, 0.2) is 12.1 Å². The van der Waals surface area contributed by atoms with E-state index >= 15 is 0 Å². The molecule has 0 bridgehead atoms. The van der Waals surface area contributed by atoms with Gasteiger partial charge in [-0.2, -0.15) is 0 Å². The normalized spacial score (nSPS) is 12.7. The van der Waals surface area contributed by atoms with Gasteiger partial charge in [-0.15, -0.1) is 0 Å². The maximum absolute atomic E-state index is 13.5. The molecule has 0 aliphatic carbocycles. The Hall–Kier alpha value is -2.18. The molecule has 0 saturated heterocycles. The van der Waals surface area contributed by atoms with Crippen LogP contribution in [0, 0.1) is 11.6 Å². The second kappa shape index (κ2) is 6.07. The number of hydrogen-bond donors (Lipinski definition) is 3. The number of rotatable bonds is 3. The first kappa shape index (κ1) is 16.9. The molecular weight excluding hydrogens is 280 g/mol. The van der Waals surface area contributed by atoms with E-state index in [2.05, 4.69) is 10.6 Å². The molecule has 0 saturated carbocycles. The second-order valence-electron chi connectivity index (χ2n) is 5.79. The van der Waals surface area contributed by atoms with Gasteiger partial charge in [-0.1, -0.05) is 0 Å².